The lowest BCUT2D eigenvalue weighted by Gasteiger charge is -2.25. The summed E-state index contributed by atoms with van der Waals surface area (Å²) >= 11 is 0. The predicted molar refractivity (Wildman–Crippen MR) is 73.0 cm³/mol. The molecule has 1 heterocycles. The average Bonchev–Trinajstić information content (AvgIpc) is 2.37. The van der Waals surface area contributed by atoms with Crippen LogP contribution in [0.1, 0.15) is 19.4 Å². The van der Waals surface area contributed by atoms with Crippen molar-refractivity contribution in [2.24, 2.45) is 17.6 Å². The number of hydrogen-bond acceptors (Lipinski definition) is 3. The van der Waals surface area contributed by atoms with Crippen molar-refractivity contribution < 1.29 is 4.79 Å². The Hall–Kier alpha value is -1.42. The van der Waals surface area contributed by atoms with Crippen molar-refractivity contribution >= 4 is 5.91 Å². The lowest BCUT2D eigenvalue weighted by molar-refractivity contribution is -0.135. The summed E-state index contributed by atoms with van der Waals surface area (Å²) in [7, 11) is 1.84. The minimum Gasteiger partial charge on any atom is -0.345 e. The van der Waals surface area contributed by atoms with Gasteiger partial charge in [-0.25, -0.2) is 0 Å². The molecule has 2 N–H and O–H groups in total. The van der Waals surface area contributed by atoms with Crippen molar-refractivity contribution in [2.45, 2.75) is 20.3 Å². The largest absolute Gasteiger partial charge is 0.345 e. The molecular weight excluding hydrogens is 226 g/mol. The van der Waals surface area contributed by atoms with Gasteiger partial charge in [0.1, 0.15) is 0 Å². The highest BCUT2D eigenvalue weighted by atomic mass is 16.2. The third-order valence-electron chi connectivity index (χ3n) is 3.21. The number of nitrogens with two attached hydrogens (primary N) is 1. The predicted octanol–water partition coefficient (Wildman–Crippen LogP) is 1.31. The van der Waals surface area contributed by atoms with E-state index in [4.69, 9.17) is 5.73 Å². The van der Waals surface area contributed by atoms with Gasteiger partial charge in [-0.1, -0.05) is 19.9 Å². The number of carbonyl (C=O) groups is 1. The fourth-order valence-electron chi connectivity index (χ4n) is 1.89. The van der Waals surface area contributed by atoms with E-state index in [0.717, 1.165) is 12.0 Å². The van der Waals surface area contributed by atoms with E-state index in [-0.39, 0.29) is 17.7 Å². The highest BCUT2D eigenvalue weighted by Crippen LogP contribution is 2.12. The molecule has 1 unspecified atom stereocenters. The van der Waals surface area contributed by atoms with E-state index in [9.17, 15) is 4.79 Å². The van der Waals surface area contributed by atoms with Crippen LogP contribution in [0.25, 0.3) is 0 Å². The molecule has 0 bridgehead atoms. The van der Waals surface area contributed by atoms with Gasteiger partial charge < -0.3 is 10.6 Å². The fraction of sp³-hybridized carbons (Fsp3) is 0.571. The van der Waals surface area contributed by atoms with Gasteiger partial charge in [0.25, 0.3) is 0 Å². The molecule has 1 amide bonds. The van der Waals surface area contributed by atoms with Gasteiger partial charge >= 0.3 is 0 Å². The maximum atomic E-state index is 12.2. The third kappa shape index (κ3) is 4.11. The molecule has 0 aliphatic heterocycles. The molecule has 4 heteroatoms. The Morgan fingerprint density at radius 3 is 2.72 bits per heavy atom. The van der Waals surface area contributed by atoms with Crippen LogP contribution in [0.2, 0.25) is 0 Å². The Morgan fingerprint density at radius 2 is 2.22 bits per heavy atom. The topological polar surface area (TPSA) is 59.2 Å². The Labute approximate surface area is 109 Å². The fourth-order valence-corrected chi connectivity index (χ4v) is 1.89. The molecular formula is C14H23N3O. The standard InChI is InChI=1S/C14H23N3O/c1-11(2)13(9-15)14(18)17(3)8-6-12-5-4-7-16-10-12/h4-5,7,10-11,13H,6,8-9,15H2,1-3H3. The zero-order valence-electron chi connectivity index (χ0n) is 11.5. The molecule has 0 aliphatic carbocycles. The Balaban J connectivity index is 2.50. The van der Waals surface area contributed by atoms with Gasteiger partial charge in [-0.2, -0.15) is 0 Å². The first-order chi connectivity index (χ1) is 8.56. The lowest BCUT2D eigenvalue weighted by Crippen LogP contribution is -2.40. The van der Waals surface area contributed by atoms with Crippen LogP contribution in [-0.4, -0.2) is 35.9 Å². The molecule has 0 radical (unpaired) electrons. The summed E-state index contributed by atoms with van der Waals surface area (Å²) in [4.78, 5) is 18.0. The lowest BCUT2D eigenvalue weighted by atomic mass is 9.94. The van der Waals surface area contributed by atoms with E-state index in [1.54, 1.807) is 11.1 Å². The van der Waals surface area contributed by atoms with E-state index in [2.05, 4.69) is 4.98 Å². The molecule has 18 heavy (non-hydrogen) atoms. The van der Waals surface area contributed by atoms with E-state index in [1.165, 1.54) is 0 Å². The number of pyridine rings is 1. The van der Waals surface area contributed by atoms with Crippen molar-refractivity contribution in [1.29, 1.82) is 0 Å². The van der Waals surface area contributed by atoms with E-state index >= 15 is 0 Å². The first-order valence-corrected chi connectivity index (χ1v) is 6.40. The second-order valence-electron chi connectivity index (χ2n) is 4.96. The summed E-state index contributed by atoms with van der Waals surface area (Å²) in [5.74, 6) is 0.337. The van der Waals surface area contributed by atoms with Gasteiger partial charge in [0.15, 0.2) is 0 Å². The summed E-state index contributed by atoms with van der Waals surface area (Å²) in [6.45, 7) is 5.18. The maximum absolute atomic E-state index is 12.2. The molecule has 0 aliphatic rings. The van der Waals surface area contributed by atoms with Crippen LogP contribution < -0.4 is 5.73 Å². The summed E-state index contributed by atoms with van der Waals surface area (Å²) in [5, 5.41) is 0. The van der Waals surface area contributed by atoms with Crippen molar-refractivity contribution in [3.8, 4) is 0 Å². The maximum Gasteiger partial charge on any atom is 0.226 e. The SMILES string of the molecule is CC(C)C(CN)C(=O)N(C)CCc1cccnc1. The second-order valence-corrected chi connectivity index (χ2v) is 4.96. The molecule has 0 fully saturated rings. The zero-order valence-corrected chi connectivity index (χ0v) is 11.5. The van der Waals surface area contributed by atoms with Crippen molar-refractivity contribution in [2.75, 3.05) is 20.1 Å². The molecule has 1 rings (SSSR count). The summed E-state index contributed by atoms with van der Waals surface area (Å²) in [6, 6.07) is 3.93. The van der Waals surface area contributed by atoms with Crippen LogP contribution in [0.5, 0.6) is 0 Å². The van der Waals surface area contributed by atoms with Crippen molar-refractivity contribution in [3.05, 3.63) is 30.1 Å². The third-order valence-corrected chi connectivity index (χ3v) is 3.21. The van der Waals surface area contributed by atoms with E-state index in [0.29, 0.717) is 13.1 Å². The molecule has 1 atom stereocenters. The van der Waals surface area contributed by atoms with Crippen molar-refractivity contribution in [1.82, 2.24) is 9.88 Å². The van der Waals surface area contributed by atoms with Gasteiger partial charge in [0, 0.05) is 32.5 Å². The van der Waals surface area contributed by atoms with Gasteiger partial charge in [0.2, 0.25) is 5.91 Å². The minimum absolute atomic E-state index is 0.0797. The number of hydrogen-bond donors (Lipinski definition) is 1. The summed E-state index contributed by atoms with van der Waals surface area (Å²) in [5.41, 5.74) is 6.81. The van der Waals surface area contributed by atoms with E-state index < -0.39 is 0 Å². The van der Waals surface area contributed by atoms with E-state index in [1.807, 2.05) is 39.2 Å². The number of rotatable bonds is 6. The Morgan fingerprint density at radius 1 is 1.50 bits per heavy atom. The number of nitrogens with zero attached hydrogens (tertiary/aromatic N) is 2. The monoisotopic (exact) mass is 249 g/mol. The number of aromatic nitrogens is 1. The molecule has 4 nitrogen and oxygen atoms in total. The zero-order chi connectivity index (χ0) is 13.5. The smallest absolute Gasteiger partial charge is 0.226 e. The van der Waals surface area contributed by atoms with Gasteiger partial charge in [0.05, 0.1) is 5.92 Å². The molecule has 0 aromatic carbocycles. The Bertz CT molecular complexity index is 365. The molecule has 0 saturated heterocycles. The minimum atomic E-state index is -0.0797. The number of carbonyl (C=O) groups excluding carboxylic acids is 1. The van der Waals surface area contributed by atoms with Crippen LogP contribution in [-0.2, 0) is 11.2 Å². The van der Waals surface area contributed by atoms with Crippen molar-refractivity contribution in [3.63, 3.8) is 0 Å². The number of likely N-dealkylation sites (N-methyl/N-ethyl adjacent to an activating group) is 1. The first-order valence-electron chi connectivity index (χ1n) is 6.40. The molecule has 1 aromatic heterocycles. The highest BCUT2D eigenvalue weighted by molar-refractivity contribution is 5.79. The quantitative estimate of drug-likeness (QED) is 0.827. The van der Waals surface area contributed by atoms with Crippen LogP contribution in [0.4, 0.5) is 0 Å². The summed E-state index contributed by atoms with van der Waals surface area (Å²) < 4.78 is 0. The van der Waals surface area contributed by atoms with Gasteiger partial charge in [-0.15, -0.1) is 0 Å². The van der Waals surface area contributed by atoms with Gasteiger partial charge in [-0.3, -0.25) is 9.78 Å². The molecule has 100 valence electrons. The molecule has 0 saturated carbocycles. The Kier molecular flexibility index (Phi) is 5.78. The first kappa shape index (κ1) is 14.6. The van der Waals surface area contributed by atoms with Crippen LogP contribution >= 0.6 is 0 Å². The van der Waals surface area contributed by atoms with Gasteiger partial charge in [-0.05, 0) is 24.0 Å². The molecule has 1 aromatic rings. The highest BCUT2D eigenvalue weighted by Gasteiger charge is 2.23. The van der Waals surface area contributed by atoms with Crippen LogP contribution in [0, 0.1) is 11.8 Å². The van der Waals surface area contributed by atoms with Crippen LogP contribution in [0.3, 0.4) is 0 Å². The molecule has 0 spiro atoms. The van der Waals surface area contributed by atoms with Crippen LogP contribution in [0.15, 0.2) is 24.5 Å². The normalized spacial score (nSPS) is 12.5. The number of amides is 1. The summed E-state index contributed by atoms with van der Waals surface area (Å²) in [6.07, 6.45) is 4.41. The average molecular weight is 249 g/mol. The second kappa shape index (κ2) is 7.11.